The van der Waals surface area contributed by atoms with Crippen molar-refractivity contribution < 1.29 is 18.3 Å². The summed E-state index contributed by atoms with van der Waals surface area (Å²) in [6.07, 6.45) is 0.0530. The maximum atomic E-state index is 13.2. The number of ether oxygens (including phenoxy) is 2. The predicted molar refractivity (Wildman–Crippen MR) is 96.7 cm³/mol. The van der Waals surface area contributed by atoms with E-state index in [1.807, 2.05) is 6.92 Å². The van der Waals surface area contributed by atoms with Crippen LogP contribution in [0.4, 0.5) is 8.78 Å². The van der Waals surface area contributed by atoms with Crippen LogP contribution in [0.2, 0.25) is 0 Å². The van der Waals surface area contributed by atoms with Gasteiger partial charge in [0.15, 0.2) is 11.5 Å². The van der Waals surface area contributed by atoms with Gasteiger partial charge in [-0.05, 0) is 63.4 Å². The second kappa shape index (κ2) is 6.01. The van der Waals surface area contributed by atoms with Gasteiger partial charge in [0, 0.05) is 17.5 Å². The summed E-state index contributed by atoms with van der Waals surface area (Å²) in [5.74, 6) is 0.824. The van der Waals surface area contributed by atoms with E-state index in [1.54, 1.807) is 12.1 Å². The topological polar surface area (TPSA) is 67.5 Å². The summed E-state index contributed by atoms with van der Waals surface area (Å²) in [5, 5.41) is 0. The Labute approximate surface area is 160 Å². The molecule has 1 aromatic heterocycles. The lowest BCUT2D eigenvalue weighted by Gasteiger charge is -2.39. The number of nitrogens with zero attached hydrogens (tertiary/aromatic N) is 2. The molecule has 0 amide bonds. The zero-order valence-corrected chi connectivity index (χ0v) is 15.6. The highest BCUT2D eigenvalue weighted by atomic mass is 19.3. The number of H-pyrrole nitrogens is 1. The van der Waals surface area contributed by atoms with Crippen LogP contribution in [0.3, 0.4) is 0 Å². The molecule has 3 aliphatic rings. The van der Waals surface area contributed by atoms with Gasteiger partial charge in [0.2, 0.25) is 0 Å². The zero-order valence-electron chi connectivity index (χ0n) is 15.6. The first-order valence-corrected chi connectivity index (χ1v) is 9.55. The SMILES string of the molecule is Cc1nc2c(c(=O)[nH]1)CCC21CCN(Cc2ccc3c(c2)OC(F)(F)O3)CC1. The summed E-state index contributed by atoms with van der Waals surface area (Å²) in [6.45, 7) is 4.23. The van der Waals surface area contributed by atoms with E-state index in [2.05, 4.69) is 24.3 Å². The highest BCUT2D eigenvalue weighted by Gasteiger charge is 2.45. The van der Waals surface area contributed by atoms with Crippen molar-refractivity contribution >= 4 is 0 Å². The lowest BCUT2D eigenvalue weighted by Crippen LogP contribution is -2.41. The first kappa shape index (κ1) is 17.6. The minimum Gasteiger partial charge on any atom is -0.395 e. The number of fused-ring (bicyclic) bond motifs is 3. The van der Waals surface area contributed by atoms with Crippen molar-refractivity contribution in [2.75, 3.05) is 13.1 Å². The van der Waals surface area contributed by atoms with Gasteiger partial charge in [0.25, 0.3) is 5.56 Å². The van der Waals surface area contributed by atoms with E-state index in [-0.39, 0.29) is 22.5 Å². The van der Waals surface area contributed by atoms with E-state index in [1.165, 1.54) is 6.07 Å². The van der Waals surface area contributed by atoms with Gasteiger partial charge in [-0.25, -0.2) is 4.98 Å². The molecule has 1 aromatic carbocycles. The molecule has 5 rings (SSSR count). The van der Waals surface area contributed by atoms with Crippen LogP contribution in [0.15, 0.2) is 23.0 Å². The van der Waals surface area contributed by atoms with Gasteiger partial charge >= 0.3 is 6.29 Å². The van der Waals surface area contributed by atoms with E-state index in [4.69, 9.17) is 0 Å². The number of likely N-dealkylation sites (tertiary alicyclic amines) is 1. The second-order valence-corrected chi connectivity index (χ2v) is 7.98. The Hall–Kier alpha value is -2.48. The van der Waals surface area contributed by atoms with Crippen molar-refractivity contribution in [1.82, 2.24) is 14.9 Å². The van der Waals surface area contributed by atoms with Gasteiger partial charge in [0.05, 0.1) is 5.69 Å². The fraction of sp³-hybridized carbons (Fsp3) is 0.500. The summed E-state index contributed by atoms with van der Waals surface area (Å²) in [7, 11) is 0. The number of aromatic amines is 1. The molecular weight excluding hydrogens is 368 g/mol. The van der Waals surface area contributed by atoms with Crippen LogP contribution in [-0.4, -0.2) is 34.3 Å². The number of aromatic nitrogens is 2. The number of halogens is 2. The van der Waals surface area contributed by atoms with Crippen LogP contribution >= 0.6 is 0 Å². The van der Waals surface area contributed by atoms with E-state index in [9.17, 15) is 13.6 Å². The van der Waals surface area contributed by atoms with E-state index in [0.29, 0.717) is 12.4 Å². The Kier molecular flexibility index (Phi) is 3.78. The molecule has 1 spiro atoms. The third-order valence-corrected chi connectivity index (χ3v) is 6.17. The fourth-order valence-corrected chi connectivity index (χ4v) is 4.74. The average Bonchev–Trinajstić information content (AvgIpc) is 3.13. The third kappa shape index (κ3) is 2.87. The quantitative estimate of drug-likeness (QED) is 0.856. The number of piperidine rings is 1. The van der Waals surface area contributed by atoms with Crippen LogP contribution in [0.1, 0.15) is 41.9 Å². The molecule has 6 nitrogen and oxygen atoms in total. The highest BCUT2D eigenvalue weighted by molar-refractivity contribution is 5.45. The van der Waals surface area contributed by atoms with Crippen LogP contribution in [0, 0.1) is 6.92 Å². The van der Waals surface area contributed by atoms with Crippen molar-refractivity contribution in [3.8, 4) is 11.5 Å². The van der Waals surface area contributed by atoms with Gasteiger partial charge in [-0.15, -0.1) is 8.78 Å². The van der Waals surface area contributed by atoms with Crippen molar-refractivity contribution in [2.45, 2.75) is 50.9 Å². The van der Waals surface area contributed by atoms with Gasteiger partial charge < -0.3 is 14.5 Å². The van der Waals surface area contributed by atoms with Crippen LogP contribution in [-0.2, 0) is 18.4 Å². The number of rotatable bonds is 2. The largest absolute Gasteiger partial charge is 0.586 e. The molecule has 0 saturated carbocycles. The smallest absolute Gasteiger partial charge is 0.395 e. The first-order valence-electron chi connectivity index (χ1n) is 9.55. The number of hydrogen-bond acceptors (Lipinski definition) is 5. The maximum Gasteiger partial charge on any atom is 0.586 e. The molecule has 1 N–H and O–H groups in total. The average molecular weight is 389 g/mol. The molecule has 0 bridgehead atoms. The lowest BCUT2D eigenvalue weighted by molar-refractivity contribution is -0.286. The van der Waals surface area contributed by atoms with Gasteiger partial charge in [-0.2, -0.15) is 0 Å². The number of alkyl halides is 2. The maximum absolute atomic E-state index is 13.2. The molecular formula is C20H21F2N3O3. The van der Waals surface area contributed by atoms with Crippen LogP contribution in [0.5, 0.6) is 11.5 Å². The number of aryl methyl sites for hydroxylation is 1. The molecule has 28 heavy (non-hydrogen) atoms. The monoisotopic (exact) mass is 389 g/mol. The Morgan fingerprint density at radius 2 is 1.93 bits per heavy atom. The van der Waals surface area contributed by atoms with Gasteiger partial charge in [-0.3, -0.25) is 9.69 Å². The first-order chi connectivity index (χ1) is 13.3. The number of benzene rings is 1. The Balaban J connectivity index is 1.29. The van der Waals surface area contributed by atoms with Crippen molar-refractivity contribution in [1.29, 1.82) is 0 Å². The van der Waals surface area contributed by atoms with E-state index >= 15 is 0 Å². The van der Waals surface area contributed by atoms with Gasteiger partial charge in [0.1, 0.15) is 5.82 Å². The minimum atomic E-state index is -3.59. The van der Waals surface area contributed by atoms with Crippen LogP contribution in [0.25, 0.3) is 0 Å². The fourth-order valence-electron chi connectivity index (χ4n) is 4.74. The summed E-state index contributed by atoms with van der Waals surface area (Å²) in [5.41, 5.74) is 2.73. The van der Waals surface area contributed by atoms with Crippen molar-refractivity contribution in [2.24, 2.45) is 0 Å². The number of hydrogen-bond donors (Lipinski definition) is 1. The summed E-state index contributed by atoms with van der Waals surface area (Å²) >= 11 is 0. The molecule has 0 atom stereocenters. The van der Waals surface area contributed by atoms with E-state index < -0.39 is 6.29 Å². The Morgan fingerprint density at radius 1 is 1.18 bits per heavy atom. The standard InChI is InChI=1S/C20H21F2N3O3/c1-12-23-17-14(18(26)24-12)4-5-19(17)6-8-25(9-7-19)11-13-2-3-15-16(10-13)28-20(21,22)27-15/h2-3,10H,4-9,11H2,1H3,(H,23,24,26). The van der Waals surface area contributed by atoms with Crippen molar-refractivity contribution in [3.63, 3.8) is 0 Å². The second-order valence-electron chi connectivity index (χ2n) is 7.98. The molecule has 0 unspecified atom stereocenters. The summed E-state index contributed by atoms with van der Waals surface area (Å²) < 4.78 is 35.4. The Morgan fingerprint density at radius 3 is 2.71 bits per heavy atom. The number of nitrogens with one attached hydrogen (secondary N) is 1. The van der Waals surface area contributed by atoms with Crippen LogP contribution < -0.4 is 15.0 Å². The molecule has 2 aromatic rings. The lowest BCUT2D eigenvalue weighted by atomic mass is 9.76. The molecule has 3 heterocycles. The molecule has 2 aliphatic heterocycles. The molecule has 1 saturated heterocycles. The molecule has 8 heteroatoms. The predicted octanol–water partition coefficient (Wildman–Crippen LogP) is 2.88. The molecule has 0 radical (unpaired) electrons. The van der Waals surface area contributed by atoms with E-state index in [0.717, 1.165) is 55.6 Å². The summed E-state index contributed by atoms with van der Waals surface area (Å²) in [6, 6.07) is 4.95. The van der Waals surface area contributed by atoms with Gasteiger partial charge in [-0.1, -0.05) is 6.07 Å². The molecule has 1 fully saturated rings. The third-order valence-electron chi connectivity index (χ3n) is 6.17. The normalized spacial score (nSPS) is 21.8. The minimum absolute atomic E-state index is 0.000957. The Bertz CT molecular complexity index is 997. The van der Waals surface area contributed by atoms with Crippen molar-refractivity contribution in [3.05, 3.63) is 51.2 Å². The molecule has 1 aliphatic carbocycles. The molecule has 148 valence electrons. The zero-order chi connectivity index (χ0) is 19.5. The summed E-state index contributed by atoms with van der Waals surface area (Å²) in [4.78, 5) is 22.0. The highest BCUT2D eigenvalue weighted by Crippen LogP contribution is 2.45.